The molecule has 2 N–H and O–H groups in total. The first-order valence-electron chi connectivity index (χ1n) is 4.01. The highest BCUT2D eigenvalue weighted by Gasteiger charge is 2.25. The van der Waals surface area contributed by atoms with Gasteiger partial charge in [0.2, 0.25) is 0 Å². The summed E-state index contributed by atoms with van der Waals surface area (Å²) in [4.78, 5) is 17.7. The SMILES string of the molecule is Cl.O=C(O)C1CCc2nc[nH]c2C1.[HH]. The highest BCUT2D eigenvalue weighted by molar-refractivity contribution is 5.85. The maximum Gasteiger partial charge on any atom is 0.306 e. The zero-order valence-electron chi connectivity index (χ0n) is 6.99. The fourth-order valence-electron chi connectivity index (χ4n) is 1.61. The number of carboxylic acids is 1. The third kappa shape index (κ3) is 1.83. The maximum atomic E-state index is 10.7. The van der Waals surface area contributed by atoms with Crippen molar-refractivity contribution in [2.24, 2.45) is 5.92 Å². The van der Waals surface area contributed by atoms with Crippen LogP contribution >= 0.6 is 12.4 Å². The van der Waals surface area contributed by atoms with Gasteiger partial charge in [-0.25, -0.2) is 4.98 Å². The van der Waals surface area contributed by atoms with E-state index in [1.165, 1.54) is 0 Å². The maximum absolute atomic E-state index is 10.7. The molecule has 1 atom stereocenters. The van der Waals surface area contributed by atoms with Crippen LogP contribution in [0, 0.1) is 5.92 Å². The molecule has 0 aromatic carbocycles. The van der Waals surface area contributed by atoms with Gasteiger partial charge < -0.3 is 10.1 Å². The Hall–Kier alpha value is -1.03. The first-order valence-corrected chi connectivity index (χ1v) is 4.01. The second kappa shape index (κ2) is 3.79. The molecule has 0 saturated heterocycles. The number of carboxylic acid groups (broad SMARTS) is 1. The summed E-state index contributed by atoms with van der Waals surface area (Å²) in [5.41, 5.74) is 2.03. The van der Waals surface area contributed by atoms with Crippen molar-refractivity contribution in [2.45, 2.75) is 19.3 Å². The van der Waals surface area contributed by atoms with Crippen molar-refractivity contribution in [1.82, 2.24) is 9.97 Å². The number of fused-ring (bicyclic) bond motifs is 1. The Labute approximate surface area is 83.3 Å². The molecular weight excluding hydrogens is 192 g/mol. The van der Waals surface area contributed by atoms with Gasteiger partial charge in [0.25, 0.3) is 0 Å². The van der Waals surface area contributed by atoms with Gasteiger partial charge in [0.05, 0.1) is 17.9 Å². The minimum absolute atomic E-state index is 0. The van der Waals surface area contributed by atoms with Gasteiger partial charge in [-0.05, 0) is 12.8 Å². The van der Waals surface area contributed by atoms with Crippen molar-refractivity contribution in [3.63, 3.8) is 0 Å². The summed E-state index contributed by atoms with van der Waals surface area (Å²) < 4.78 is 0. The molecule has 74 valence electrons. The number of H-pyrrole nitrogens is 1. The zero-order valence-corrected chi connectivity index (χ0v) is 7.80. The summed E-state index contributed by atoms with van der Waals surface area (Å²) in [6, 6.07) is 0. The molecule has 13 heavy (non-hydrogen) atoms. The molecule has 1 aliphatic carbocycles. The number of nitrogens with zero attached hydrogens (tertiary/aromatic N) is 1. The van der Waals surface area contributed by atoms with E-state index in [0.29, 0.717) is 12.8 Å². The van der Waals surface area contributed by atoms with Crippen LogP contribution in [0.15, 0.2) is 6.33 Å². The zero-order chi connectivity index (χ0) is 8.55. The van der Waals surface area contributed by atoms with Crippen LogP contribution in [-0.4, -0.2) is 21.0 Å². The molecular formula is C8H13ClN2O2. The Bertz CT molecular complexity index is 316. The molecule has 1 unspecified atom stereocenters. The van der Waals surface area contributed by atoms with Gasteiger partial charge in [0, 0.05) is 13.5 Å². The molecule has 0 bridgehead atoms. The second-order valence-electron chi connectivity index (χ2n) is 3.11. The lowest BCUT2D eigenvalue weighted by Gasteiger charge is -2.16. The number of halogens is 1. The smallest absolute Gasteiger partial charge is 0.306 e. The average Bonchev–Trinajstić information content (AvgIpc) is 2.49. The minimum atomic E-state index is -0.699. The second-order valence-corrected chi connectivity index (χ2v) is 3.11. The Morgan fingerprint density at radius 3 is 3.23 bits per heavy atom. The van der Waals surface area contributed by atoms with Crippen LogP contribution < -0.4 is 0 Å². The molecule has 0 aliphatic heterocycles. The van der Waals surface area contributed by atoms with E-state index in [9.17, 15) is 4.79 Å². The number of hydrogen-bond acceptors (Lipinski definition) is 2. The summed E-state index contributed by atoms with van der Waals surface area (Å²) in [6.07, 6.45) is 3.74. The molecule has 0 amide bonds. The van der Waals surface area contributed by atoms with Gasteiger partial charge in [-0.2, -0.15) is 0 Å². The van der Waals surface area contributed by atoms with E-state index in [4.69, 9.17) is 5.11 Å². The molecule has 5 heteroatoms. The number of aryl methyl sites for hydroxylation is 1. The number of aliphatic carboxylic acids is 1. The molecule has 0 saturated carbocycles. The van der Waals surface area contributed by atoms with E-state index in [2.05, 4.69) is 9.97 Å². The van der Waals surface area contributed by atoms with Gasteiger partial charge in [0.15, 0.2) is 0 Å². The third-order valence-corrected chi connectivity index (χ3v) is 2.34. The average molecular weight is 205 g/mol. The molecule has 0 fully saturated rings. The number of hydrogen-bond donors (Lipinski definition) is 2. The van der Waals surface area contributed by atoms with E-state index >= 15 is 0 Å². The Morgan fingerprint density at radius 2 is 2.54 bits per heavy atom. The van der Waals surface area contributed by atoms with Crippen molar-refractivity contribution in [1.29, 1.82) is 0 Å². The minimum Gasteiger partial charge on any atom is -0.481 e. The number of imidazole rings is 1. The van der Waals surface area contributed by atoms with E-state index < -0.39 is 5.97 Å². The van der Waals surface area contributed by atoms with Gasteiger partial charge in [-0.15, -0.1) is 12.4 Å². The standard InChI is InChI=1S/C8H10N2O2.ClH.H2/c11-8(12)5-1-2-6-7(3-5)10-4-9-6;;/h4-5H,1-3H2,(H,9,10)(H,11,12);2*1H. The molecule has 4 nitrogen and oxygen atoms in total. The predicted molar refractivity (Wildman–Crippen MR) is 51.1 cm³/mol. The number of nitrogens with one attached hydrogen (secondary N) is 1. The Kier molecular flexibility index (Phi) is 2.93. The fraction of sp³-hybridized carbons (Fsp3) is 0.500. The van der Waals surface area contributed by atoms with E-state index in [1.807, 2.05) is 0 Å². The third-order valence-electron chi connectivity index (χ3n) is 2.34. The quantitative estimate of drug-likeness (QED) is 0.724. The molecule has 1 aromatic heterocycles. The van der Waals surface area contributed by atoms with Crippen LogP contribution in [0.4, 0.5) is 0 Å². The van der Waals surface area contributed by atoms with Crippen molar-refractivity contribution in [3.8, 4) is 0 Å². The molecule has 1 aliphatic rings. The normalized spacial score (nSPS) is 20.2. The summed E-state index contributed by atoms with van der Waals surface area (Å²) in [6.45, 7) is 0. The summed E-state index contributed by atoms with van der Waals surface area (Å²) >= 11 is 0. The number of carbonyl (C=O) groups is 1. The predicted octanol–water partition coefficient (Wildman–Crippen LogP) is 1.27. The van der Waals surface area contributed by atoms with E-state index in [1.54, 1.807) is 6.33 Å². The molecule has 2 rings (SSSR count). The summed E-state index contributed by atoms with van der Waals surface area (Å²) in [5, 5.41) is 8.77. The van der Waals surface area contributed by atoms with Crippen molar-refractivity contribution >= 4 is 18.4 Å². The topological polar surface area (TPSA) is 66.0 Å². The lowest BCUT2D eigenvalue weighted by molar-refractivity contribution is -0.142. The van der Waals surface area contributed by atoms with Crippen molar-refractivity contribution in [2.75, 3.05) is 0 Å². The van der Waals surface area contributed by atoms with Crippen LogP contribution in [0.5, 0.6) is 0 Å². The molecule has 1 heterocycles. The molecule has 0 spiro atoms. The number of aromatic nitrogens is 2. The largest absolute Gasteiger partial charge is 0.481 e. The Balaban J connectivity index is 0.000000845. The Morgan fingerprint density at radius 1 is 1.77 bits per heavy atom. The van der Waals surface area contributed by atoms with Crippen molar-refractivity contribution in [3.05, 3.63) is 17.7 Å². The lowest BCUT2D eigenvalue weighted by atomic mass is 9.90. The summed E-state index contributed by atoms with van der Waals surface area (Å²) in [7, 11) is 0. The lowest BCUT2D eigenvalue weighted by Crippen LogP contribution is -2.22. The van der Waals surface area contributed by atoms with E-state index in [-0.39, 0.29) is 19.8 Å². The monoisotopic (exact) mass is 204 g/mol. The van der Waals surface area contributed by atoms with Gasteiger partial charge in [-0.3, -0.25) is 4.79 Å². The molecule has 1 aromatic rings. The van der Waals surface area contributed by atoms with Crippen LogP contribution in [0.25, 0.3) is 0 Å². The highest BCUT2D eigenvalue weighted by atomic mass is 35.5. The van der Waals surface area contributed by atoms with Crippen LogP contribution in [0.3, 0.4) is 0 Å². The fourth-order valence-corrected chi connectivity index (χ4v) is 1.61. The van der Waals surface area contributed by atoms with Crippen LogP contribution in [0.2, 0.25) is 0 Å². The van der Waals surface area contributed by atoms with Gasteiger partial charge >= 0.3 is 5.97 Å². The number of aromatic amines is 1. The van der Waals surface area contributed by atoms with Crippen molar-refractivity contribution < 1.29 is 11.3 Å². The van der Waals surface area contributed by atoms with Gasteiger partial charge in [-0.1, -0.05) is 0 Å². The van der Waals surface area contributed by atoms with E-state index in [0.717, 1.165) is 17.8 Å². The van der Waals surface area contributed by atoms with Gasteiger partial charge in [0.1, 0.15) is 0 Å². The highest BCUT2D eigenvalue weighted by Crippen LogP contribution is 2.22. The number of rotatable bonds is 1. The first-order chi connectivity index (χ1) is 5.77. The van der Waals surface area contributed by atoms with Crippen LogP contribution in [0.1, 0.15) is 19.2 Å². The molecule has 0 radical (unpaired) electrons. The van der Waals surface area contributed by atoms with Crippen LogP contribution in [-0.2, 0) is 17.6 Å². The summed E-state index contributed by atoms with van der Waals surface area (Å²) in [5.74, 6) is -0.923. The first kappa shape index (κ1) is 10.1.